The summed E-state index contributed by atoms with van der Waals surface area (Å²) in [6.45, 7) is 10.2. The minimum atomic E-state index is -0.805. The van der Waals surface area contributed by atoms with Crippen LogP contribution in [0.3, 0.4) is 0 Å². The van der Waals surface area contributed by atoms with Crippen LogP contribution < -0.4 is 16.0 Å². The summed E-state index contributed by atoms with van der Waals surface area (Å²) in [6, 6.07) is -0.628. The number of amides is 2. The van der Waals surface area contributed by atoms with Crippen LogP contribution in [-0.4, -0.2) is 54.9 Å². The molecule has 2 aliphatic heterocycles. The zero-order valence-electron chi connectivity index (χ0n) is 21.2. The maximum atomic E-state index is 13.2. The van der Waals surface area contributed by atoms with Gasteiger partial charge in [0.15, 0.2) is 0 Å². The number of carbonyl (C=O) groups excluding carboxylic acids is 2. The van der Waals surface area contributed by atoms with Gasteiger partial charge in [0.25, 0.3) is 0 Å². The second kappa shape index (κ2) is 14.7. The Morgan fingerprint density at radius 3 is 2.48 bits per heavy atom. The fourth-order valence-corrected chi connectivity index (χ4v) is 4.47. The zero-order chi connectivity index (χ0) is 24.2. The maximum Gasteiger partial charge on any atom is 0.247 e. The van der Waals surface area contributed by atoms with E-state index in [0.717, 1.165) is 64.5 Å². The van der Waals surface area contributed by atoms with Crippen LogP contribution in [0.4, 0.5) is 0 Å². The summed E-state index contributed by atoms with van der Waals surface area (Å²) in [6.07, 6.45) is 9.64. The van der Waals surface area contributed by atoms with Gasteiger partial charge in [-0.1, -0.05) is 40.2 Å². The molecule has 1 unspecified atom stereocenters. The number of rotatable bonds is 7. The molecule has 2 heterocycles. The van der Waals surface area contributed by atoms with E-state index in [0.29, 0.717) is 36.6 Å². The van der Waals surface area contributed by atoms with Crippen LogP contribution in [0.5, 0.6) is 0 Å². The van der Waals surface area contributed by atoms with Gasteiger partial charge in [-0.25, -0.2) is 0 Å². The summed E-state index contributed by atoms with van der Waals surface area (Å²) in [5.41, 5.74) is 0.547. The highest BCUT2D eigenvalue weighted by molar-refractivity contribution is 5.88. The Morgan fingerprint density at radius 2 is 1.82 bits per heavy atom. The lowest BCUT2D eigenvalue weighted by Gasteiger charge is -2.29. The number of fused-ring (bicyclic) bond motifs is 13. The Hall–Kier alpha value is -1.44. The van der Waals surface area contributed by atoms with Crippen molar-refractivity contribution >= 4 is 11.8 Å². The van der Waals surface area contributed by atoms with E-state index in [4.69, 9.17) is 4.74 Å². The van der Waals surface area contributed by atoms with E-state index in [1.807, 2.05) is 19.9 Å². The summed E-state index contributed by atoms with van der Waals surface area (Å²) in [7, 11) is 0. The number of carbonyl (C=O) groups is 2. The van der Waals surface area contributed by atoms with Gasteiger partial charge >= 0.3 is 0 Å². The highest BCUT2D eigenvalue weighted by atomic mass is 16.5. The maximum absolute atomic E-state index is 13.2. The van der Waals surface area contributed by atoms with Crippen LogP contribution in [-0.2, 0) is 14.3 Å². The number of hydrogen-bond acceptors (Lipinski definition) is 5. The first-order valence-electron chi connectivity index (χ1n) is 13.1. The van der Waals surface area contributed by atoms with Crippen LogP contribution >= 0.6 is 0 Å². The van der Waals surface area contributed by atoms with Crippen molar-refractivity contribution in [1.29, 1.82) is 0 Å². The second-order valence-corrected chi connectivity index (χ2v) is 10.5. The van der Waals surface area contributed by atoms with Crippen molar-refractivity contribution in [1.82, 2.24) is 16.0 Å². The number of nitrogens with one attached hydrogen (secondary N) is 3. The van der Waals surface area contributed by atoms with Gasteiger partial charge in [-0.2, -0.15) is 0 Å². The summed E-state index contributed by atoms with van der Waals surface area (Å²) < 4.78 is 6.06. The lowest BCUT2D eigenvalue weighted by Crippen LogP contribution is -2.51. The molecule has 7 nitrogen and oxygen atoms in total. The Bertz CT molecular complexity index is 627. The van der Waals surface area contributed by atoms with E-state index in [1.165, 1.54) is 0 Å². The molecule has 190 valence electrons. The average Bonchev–Trinajstić information content (AvgIpc) is 2.77. The van der Waals surface area contributed by atoms with Gasteiger partial charge in [-0.05, 0) is 69.2 Å². The van der Waals surface area contributed by atoms with Crippen molar-refractivity contribution in [3.8, 4) is 0 Å². The number of aliphatic hydroxyl groups excluding tert-OH is 1. The van der Waals surface area contributed by atoms with Crippen molar-refractivity contribution in [3.63, 3.8) is 0 Å². The monoisotopic (exact) mass is 465 g/mol. The molecule has 3 aliphatic rings. The number of ether oxygens (including phenoxy) is 1. The molecule has 3 rings (SSSR count). The van der Waals surface area contributed by atoms with Crippen LogP contribution in [0.15, 0.2) is 11.8 Å². The third-order valence-corrected chi connectivity index (χ3v) is 6.66. The minimum absolute atomic E-state index is 0.0533. The van der Waals surface area contributed by atoms with Crippen LogP contribution in [0.2, 0.25) is 0 Å². The summed E-state index contributed by atoms with van der Waals surface area (Å²) in [5, 5.41) is 20.1. The number of hydrogen-bond donors (Lipinski definition) is 4. The first-order valence-corrected chi connectivity index (χ1v) is 13.1. The van der Waals surface area contributed by atoms with Gasteiger partial charge in [0, 0.05) is 25.3 Å². The van der Waals surface area contributed by atoms with Crippen molar-refractivity contribution in [2.45, 2.75) is 104 Å². The van der Waals surface area contributed by atoms with E-state index in [1.54, 1.807) is 0 Å². The highest BCUT2D eigenvalue weighted by Gasteiger charge is 2.28. The van der Waals surface area contributed by atoms with Gasteiger partial charge in [-0.15, -0.1) is 0 Å². The quantitative estimate of drug-likeness (QED) is 0.433. The molecule has 0 aromatic carbocycles. The average molecular weight is 466 g/mol. The van der Waals surface area contributed by atoms with Crippen molar-refractivity contribution < 1.29 is 19.4 Å². The molecule has 0 aromatic heterocycles. The molecule has 1 saturated carbocycles. The van der Waals surface area contributed by atoms with Gasteiger partial charge < -0.3 is 25.8 Å². The molecular formula is C26H47N3O4. The van der Waals surface area contributed by atoms with Crippen molar-refractivity contribution in [2.75, 3.05) is 19.7 Å². The Morgan fingerprint density at radius 1 is 1.09 bits per heavy atom. The molecule has 2 amide bonds. The van der Waals surface area contributed by atoms with E-state index >= 15 is 0 Å². The predicted molar refractivity (Wildman–Crippen MR) is 131 cm³/mol. The van der Waals surface area contributed by atoms with Gasteiger partial charge in [-0.3, -0.25) is 9.59 Å². The molecule has 0 aromatic rings. The smallest absolute Gasteiger partial charge is 0.247 e. The van der Waals surface area contributed by atoms with Crippen LogP contribution in [0, 0.1) is 17.8 Å². The molecule has 0 spiro atoms. The van der Waals surface area contributed by atoms with Crippen molar-refractivity contribution in [2.24, 2.45) is 17.8 Å². The minimum Gasteiger partial charge on any atom is -0.386 e. The molecule has 1 fully saturated rings. The van der Waals surface area contributed by atoms with Gasteiger partial charge in [0.1, 0.15) is 12.1 Å². The molecule has 2 bridgehead atoms. The molecule has 4 N–H and O–H groups in total. The second-order valence-electron chi connectivity index (χ2n) is 10.5. The highest BCUT2D eigenvalue weighted by Crippen LogP contribution is 2.28. The third kappa shape index (κ3) is 10.6. The van der Waals surface area contributed by atoms with Crippen LogP contribution in [0.1, 0.15) is 85.5 Å². The summed E-state index contributed by atoms with van der Waals surface area (Å²) in [5.74, 6) is 0.478. The first-order chi connectivity index (χ1) is 15.8. The molecule has 7 heteroatoms. The van der Waals surface area contributed by atoms with E-state index in [2.05, 4.69) is 29.8 Å². The fraction of sp³-hybridized carbons (Fsp3) is 0.846. The third-order valence-electron chi connectivity index (χ3n) is 6.66. The Balaban J connectivity index is 2.15. The Labute approximate surface area is 200 Å². The van der Waals surface area contributed by atoms with Crippen molar-refractivity contribution in [3.05, 3.63) is 11.8 Å². The largest absolute Gasteiger partial charge is 0.386 e. The van der Waals surface area contributed by atoms with E-state index in [-0.39, 0.29) is 17.7 Å². The molecular weight excluding hydrogens is 418 g/mol. The van der Waals surface area contributed by atoms with E-state index in [9.17, 15) is 14.7 Å². The molecule has 0 saturated heterocycles. The summed E-state index contributed by atoms with van der Waals surface area (Å²) >= 11 is 0. The normalized spacial score (nSPS) is 28.7. The lowest BCUT2D eigenvalue weighted by atomic mass is 9.86. The van der Waals surface area contributed by atoms with E-state index < -0.39 is 12.1 Å². The van der Waals surface area contributed by atoms with Crippen LogP contribution in [0.25, 0.3) is 0 Å². The predicted octanol–water partition coefficient (Wildman–Crippen LogP) is 3.27. The number of aliphatic hydroxyl groups is 1. The van der Waals surface area contributed by atoms with Gasteiger partial charge in [0.2, 0.25) is 11.8 Å². The van der Waals surface area contributed by atoms with Gasteiger partial charge in [0.05, 0.1) is 6.10 Å². The Kier molecular flexibility index (Phi) is 12.4. The molecule has 2 atom stereocenters. The topological polar surface area (TPSA) is 99.7 Å². The summed E-state index contributed by atoms with van der Waals surface area (Å²) in [4.78, 5) is 25.6. The molecule has 0 radical (unpaired) electrons. The molecule has 33 heavy (non-hydrogen) atoms. The first kappa shape index (κ1) is 27.8. The molecule has 1 aliphatic carbocycles. The number of allylic oxidation sites excluding steroid dienone is 1. The standard InChI is InChI=1S/C26H47N3O4/c1-18(2)13-14-27-17-23(30)22-16-20-9-11-21(12-10-20)33-15-7-5-6-8-24(31)29-25(19(3)4)26(32)28-22/h16,18-21,23,25,27,30H,5-15,17H2,1-4H3,(H,28,32)(H,29,31)/b22-16-/t20?,21?,23-,25?/m1/s1. The SMILES string of the molecule is CC(C)CCNC[C@@H](O)/C1=C/C2CCC(CC2)OCCCCCC(=O)NC(C(C)C)C(=O)N1. The lowest BCUT2D eigenvalue weighted by molar-refractivity contribution is -0.129. The fourth-order valence-electron chi connectivity index (χ4n) is 4.47. The zero-order valence-corrected chi connectivity index (χ0v) is 21.2.